The number of rotatable bonds is 3. The highest BCUT2D eigenvalue weighted by atomic mass is 16.1. The predicted molar refractivity (Wildman–Crippen MR) is 49.1 cm³/mol. The Labute approximate surface area is 73.9 Å². The van der Waals surface area contributed by atoms with E-state index >= 15 is 0 Å². The Kier molecular flexibility index (Phi) is 3.69. The molecule has 2 atom stereocenters. The summed E-state index contributed by atoms with van der Waals surface area (Å²) in [7, 11) is 0. The van der Waals surface area contributed by atoms with Gasteiger partial charge in [0.25, 0.3) is 0 Å². The summed E-state index contributed by atoms with van der Waals surface area (Å²) in [4.78, 5) is 10.5. The van der Waals surface area contributed by atoms with E-state index in [4.69, 9.17) is 0 Å². The van der Waals surface area contributed by atoms with Crippen LogP contribution in [0.4, 0.5) is 0 Å². The Morgan fingerprint density at radius 2 is 2.25 bits per heavy atom. The first-order valence-corrected chi connectivity index (χ1v) is 4.64. The number of hydrogen-bond donors (Lipinski definition) is 2. The van der Waals surface area contributed by atoms with E-state index in [9.17, 15) is 4.79 Å². The highest BCUT2D eigenvalue weighted by molar-refractivity contribution is 5.58. The summed E-state index contributed by atoms with van der Waals surface area (Å²) in [6, 6.07) is 0.483. The molecular weight excluding hydrogens is 152 g/mol. The molecule has 3 heteroatoms. The minimum absolute atomic E-state index is 0.0162. The molecule has 2 N–H and O–H groups in total. The number of nitrogens with one attached hydrogen (secondary N) is 2. The standard InChI is InChI=1S/C9H18N2O/c1-7(2)3-8-4-10-5-9(6-12)11-8/h6-11H,3-5H2,1-2H3/t8-,9?/m0/s1. The molecule has 70 valence electrons. The molecule has 0 aromatic carbocycles. The molecular formula is C9H18N2O. The van der Waals surface area contributed by atoms with Crippen molar-refractivity contribution in [2.45, 2.75) is 32.4 Å². The van der Waals surface area contributed by atoms with Gasteiger partial charge in [0.2, 0.25) is 0 Å². The zero-order chi connectivity index (χ0) is 8.97. The van der Waals surface area contributed by atoms with E-state index in [0.29, 0.717) is 12.0 Å². The summed E-state index contributed by atoms with van der Waals surface area (Å²) >= 11 is 0. The van der Waals surface area contributed by atoms with Crippen LogP contribution < -0.4 is 10.6 Å². The first kappa shape index (κ1) is 9.68. The zero-order valence-electron chi connectivity index (χ0n) is 7.84. The predicted octanol–water partition coefficient (Wildman–Crippen LogP) is 0.161. The molecule has 0 saturated carbocycles. The van der Waals surface area contributed by atoms with Gasteiger partial charge < -0.3 is 15.4 Å². The van der Waals surface area contributed by atoms with Crippen LogP contribution in [-0.4, -0.2) is 31.5 Å². The summed E-state index contributed by atoms with van der Waals surface area (Å²) in [5, 5.41) is 6.55. The number of hydrogen-bond acceptors (Lipinski definition) is 3. The van der Waals surface area contributed by atoms with Crippen molar-refractivity contribution in [3.8, 4) is 0 Å². The van der Waals surface area contributed by atoms with Crippen molar-refractivity contribution in [2.75, 3.05) is 13.1 Å². The average molecular weight is 170 g/mol. The van der Waals surface area contributed by atoms with Crippen molar-refractivity contribution in [2.24, 2.45) is 5.92 Å². The maximum atomic E-state index is 10.5. The SMILES string of the molecule is CC(C)C[C@H]1CNCC(C=O)N1. The van der Waals surface area contributed by atoms with Gasteiger partial charge >= 0.3 is 0 Å². The van der Waals surface area contributed by atoms with Crippen molar-refractivity contribution in [1.82, 2.24) is 10.6 Å². The molecule has 1 unspecified atom stereocenters. The number of carbonyl (C=O) groups excluding carboxylic acids is 1. The lowest BCUT2D eigenvalue weighted by Crippen LogP contribution is -2.55. The van der Waals surface area contributed by atoms with Gasteiger partial charge in [-0.25, -0.2) is 0 Å². The van der Waals surface area contributed by atoms with Gasteiger partial charge in [0.1, 0.15) is 6.29 Å². The van der Waals surface area contributed by atoms with Crippen LogP contribution in [0, 0.1) is 5.92 Å². The molecule has 1 heterocycles. The van der Waals surface area contributed by atoms with Crippen LogP contribution in [0.15, 0.2) is 0 Å². The molecule has 0 aromatic heterocycles. The maximum absolute atomic E-state index is 10.5. The molecule has 1 aliphatic rings. The molecule has 3 nitrogen and oxygen atoms in total. The van der Waals surface area contributed by atoms with Gasteiger partial charge in [-0.05, 0) is 12.3 Å². The number of carbonyl (C=O) groups is 1. The zero-order valence-corrected chi connectivity index (χ0v) is 7.84. The lowest BCUT2D eigenvalue weighted by atomic mass is 10.0. The average Bonchev–Trinajstić information content (AvgIpc) is 2.03. The Morgan fingerprint density at radius 1 is 1.50 bits per heavy atom. The molecule has 12 heavy (non-hydrogen) atoms. The number of aldehydes is 1. The molecule has 1 fully saturated rings. The summed E-state index contributed by atoms with van der Waals surface area (Å²) in [5.74, 6) is 0.690. The summed E-state index contributed by atoms with van der Waals surface area (Å²) in [5.41, 5.74) is 0. The third-order valence-corrected chi connectivity index (χ3v) is 2.12. The summed E-state index contributed by atoms with van der Waals surface area (Å²) in [6.45, 7) is 6.17. The first-order valence-electron chi connectivity index (χ1n) is 4.64. The van der Waals surface area contributed by atoms with Gasteiger partial charge in [-0.1, -0.05) is 13.8 Å². The third-order valence-electron chi connectivity index (χ3n) is 2.12. The van der Waals surface area contributed by atoms with Gasteiger partial charge in [0.15, 0.2) is 0 Å². The normalized spacial score (nSPS) is 30.6. The summed E-state index contributed by atoms with van der Waals surface area (Å²) in [6.07, 6.45) is 2.12. The van der Waals surface area contributed by atoms with E-state index in [-0.39, 0.29) is 6.04 Å². The molecule has 0 aromatic rings. The van der Waals surface area contributed by atoms with E-state index in [1.54, 1.807) is 0 Å². The smallest absolute Gasteiger partial charge is 0.138 e. The van der Waals surface area contributed by atoms with Crippen molar-refractivity contribution in [3.63, 3.8) is 0 Å². The Hall–Kier alpha value is -0.410. The minimum atomic E-state index is 0.0162. The molecule has 0 bridgehead atoms. The van der Waals surface area contributed by atoms with E-state index in [2.05, 4.69) is 24.5 Å². The van der Waals surface area contributed by atoms with Gasteiger partial charge in [0.05, 0.1) is 6.04 Å². The van der Waals surface area contributed by atoms with Crippen molar-refractivity contribution < 1.29 is 4.79 Å². The molecule has 0 amide bonds. The largest absolute Gasteiger partial charge is 0.313 e. The number of piperazine rings is 1. The first-order chi connectivity index (χ1) is 5.72. The van der Waals surface area contributed by atoms with Crippen molar-refractivity contribution in [3.05, 3.63) is 0 Å². The van der Waals surface area contributed by atoms with Crippen molar-refractivity contribution >= 4 is 6.29 Å². The van der Waals surface area contributed by atoms with E-state index in [1.807, 2.05) is 0 Å². The molecule has 1 aliphatic heterocycles. The van der Waals surface area contributed by atoms with Crippen LogP contribution in [0.3, 0.4) is 0 Å². The van der Waals surface area contributed by atoms with Crippen molar-refractivity contribution in [1.29, 1.82) is 0 Å². The van der Waals surface area contributed by atoms with Crippen LogP contribution in [0.5, 0.6) is 0 Å². The van der Waals surface area contributed by atoms with Gasteiger partial charge in [-0.15, -0.1) is 0 Å². The van der Waals surface area contributed by atoms with Crippen LogP contribution >= 0.6 is 0 Å². The second kappa shape index (κ2) is 4.58. The Balaban J connectivity index is 2.30. The molecule has 0 aliphatic carbocycles. The third kappa shape index (κ3) is 2.91. The van der Waals surface area contributed by atoms with Gasteiger partial charge in [-0.3, -0.25) is 0 Å². The fraction of sp³-hybridized carbons (Fsp3) is 0.889. The molecule has 0 spiro atoms. The second-order valence-corrected chi connectivity index (χ2v) is 3.89. The molecule has 1 saturated heterocycles. The van der Waals surface area contributed by atoms with E-state index in [1.165, 1.54) is 0 Å². The Morgan fingerprint density at radius 3 is 2.83 bits per heavy atom. The monoisotopic (exact) mass is 170 g/mol. The fourth-order valence-corrected chi connectivity index (χ4v) is 1.64. The summed E-state index contributed by atoms with van der Waals surface area (Å²) < 4.78 is 0. The highest BCUT2D eigenvalue weighted by Gasteiger charge is 2.19. The van der Waals surface area contributed by atoms with E-state index < -0.39 is 0 Å². The quantitative estimate of drug-likeness (QED) is 0.593. The fourth-order valence-electron chi connectivity index (χ4n) is 1.64. The van der Waals surface area contributed by atoms with Crippen LogP contribution in [-0.2, 0) is 4.79 Å². The second-order valence-electron chi connectivity index (χ2n) is 3.89. The minimum Gasteiger partial charge on any atom is -0.313 e. The Bertz CT molecular complexity index is 147. The van der Waals surface area contributed by atoms with Gasteiger partial charge in [0, 0.05) is 19.1 Å². The lowest BCUT2D eigenvalue weighted by Gasteiger charge is -2.29. The molecule has 0 radical (unpaired) electrons. The maximum Gasteiger partial charge on any atom is 0.138 e. The van der Waals surface area contributed by atoms with Crippen LogP contribution in [0.25, 0.3) is 0 Å². The molecule has 1 rings (SSSR count). The topological polar surface area (TPSA) is 41.1 Å². The van der Waals surface area contributed by atoms with Crippen LogP contribution in [0.1, 0.15) is 20.3 Å². The van der Waals surface area contributed by atoms with E-state index in [0.717, 1.165) is 25.8 Å². The highest BCUT2D eigenvalue weighted by Crippen LogP contribution is 2.06. The lowest BCUT2D eigenvalue weighted by molar-refractivity contribution is -0.110. The van der Waals surface area contributed by atoms with Crippen LogP contribution in [0.2, 0.25) is 0 Å². The van der Waals surface area contributed by atoms with Gasteiger partial charge in [-0.2, -0.15) is 0 Å².